The van der Waals surface area contributed by atoms with Gasteiger partial charge in [-0.05, 0) is 23.7 Å². The molecule has 0 N–H and O–H groups in total. The standard InChI is InChI=1S/C16H26O2Si/c1-15(2,3)19(5,6)18-16(17-4)12-14(16)13-10-8-7-9-11-13/h7-11,14H,12H2,1-6H3. The van der Waals surface area contributed by atoms with Crippen molar-refractivity contribution in [3.8, 4) is 0 Å². The van der Waals surface area contributed by atoms with E-state index in [2.05, 4.69) is 64.2 Å². The van der Waals surface area contributed by atoms with E-state index in [1.807, 2.05) is 0 Å². The first-order valence-corrected chi connectivity index (χ1v) is 9.93. The Labute approximate surface area is 118 Å². The largest absolute Gasteiger partial charge is 0.389 e. The smallest absolute Gasteiger partial charge is 0.195 e. The van der Waals surface area contributed by atoms with Gasteiger partial charge in [0.1, 0.15) is 0 Å². The molecule has 0 spiro atoms. The van der Waals surface area contributed by atoms with Crippen molar-refractivity contribution in [3.05, 3.63) is 35.9 Å². The van der Waals surface area contributed by atoms with Crippen molar-refractivity contribution in [2.45, 2.75) is 57.0 Å². The monoisotopic (exact) mass is 278 g/mol. The second kappa shape index (κ2) is 4.72. The molecule has 0 radical (unpaired) electrons. The Hall–Kier alpha value is -0.643. The fourth-order valence-electron chi connectivity index (χ4n) is 2.25. The van der Waals surface area contributed by atoms with Crippen molar-refractivity contribution in [2.75, 3.05) is 7.11 Å². The molecule has 1 fully saturated rings. The second-order valence-electron chi connectivity index (χ2n) is 7.05. The van der Waals surface area contributed by atoms with Crippen molar-refractivity contribution >= 4 is 8.32 Å². The first kappa shape index (κ1) is 14.8. The summed E-state index contributed by atoms with van der Waals surface area (Å²) in [6.45, 7) is 11.4. The lowest BCUT2D eigenvalue weighted by Crippen LogP contribution is -2.45. The zero-order valence-electron chi connectivity index (χ0n) is 13.0. The quantitative estimate of drug-likeness (QED) is 0.594. The lowest BCUT2D eigenvalue weighted by atomic mass is 10.1. The first-order chi connectivity index (χ1) is 8.72. The lowest BCUT2D eigenvalue weighted by Gasteiger charge is -2.39. The van der Waals surface area contributed by atoms with Crippen LogP contribution in [-0.2, 0) is 9.16 Å². The molecule has 1 aliphatic carbocycles. The normalized spacial score (nSPS) is 27.4. The number of methoxy groups -OCH3 is 1. The maximum absolute atomic E-state index is 6.53. The summed E-state index contributed by atoms with van der Waals surface area (Å²) in [7, 11) is -0.0246. The predicted octanol–water partition coefficient (Wildman–Crippen LogP) is 4.54. The summed E-state index contributed by atoms with van der Waals surface area (Å²) in [5.41, 5.74) is 1.32. The molecule has 2 nitrogen and oxygen atoms in total. The van der Waals surface area contributed by atoms with Crippen molar-refractivity contribution in [2.24, 2.45) is 0 Å². The third-order valence-electron chi connectivity index (χ3n) is 4.64. The van der Waals surface area contributed by atoms with E-state index in [1.54, 1.807) is 7.11 Å². The van der Waals surface area contributed by atoms with Gasteiger partial charge in [0, 0.05) is 19.4 Å². The SMILES string of the molecule is COC1(O[Si](C)(C)C(C)(C)C)CC1c1ccccc1. The number of benzene rings is 1. The average Bonchev–Trinajstić information content (AvgIpc) is 3.03. The van der Waals surface area contributed by atoms with E-state index in [0.717, 1.165) is 6.42 Å². The van der Waals surface area contributed by atoms with Gasteiger partial charge in [-0.3, -0.25) is 0 Å². The van der Waals surface area contributed by atoms with E-state index >= 15 is 0 Å². The average molecular weight is 278 g/mol. The Balaban J connectivity index is 2.16. The van der Waals surface area contributed by atoms with Crippen LogP contribution in [0.3, 0.4) is 0 Å². The van der Waals surface area contributed by atoms with Gasteiger partial charge in [-0.25, -0.2) is 0 Å². The summed E-state index contributed by atoms with van der Waals surface area (Å²) in [4.78, 5) is 0. The van der Waals surface area contributed by atoms with Crippen LogP contribution in [0, 0.1) is 0 Å². The van der Waals surface area contributed by atoms with Gasteiger partial charge in [-0.15, -0.1) is 0 Å². The maximum atomic E-state index is 6.53. The molecule has 1 aromatic carbocycles. The first-order valence-electron chi connectivity index (χ1n) is 7.02. The Morgan fingerprint density at radius 3 is 2.21 bits per heavy atom. The number of ether oxygens (including phenoxy) is 1. The third kappa shape index (κ3) is 2.78. The highest BCUT2D eigenvalue weighted by Crippen LogP contribution is 2.57. The summed E-state index contributed by atoms with van der Waals surface area (Å²) >= 11 is 0. The van der Waals surface area contributed by atoms with Crippen molar-refractivity contribution in [1.29, 1.82) is 0 Å². The van der Waals surface area contributed by atoms with Crippen LogP contribution in [0.4, 0.5) is 0 Å². The van der Waals surface area contributed by atoms with E-state index in [0.29, 0.717) is 5.92 Å². The van der Waals surface area contributed by atoms with Crippen LogP contribution >= 0.6 is 0 Å². The fourth-order valence-corrected chi connectivity index (χ4v) is 3.73. The molecular formula is C16H26O2Si. The van der Waals surface area contributed by atoms with Crippen molar-refractivity contribution in [3.63, 3.8) is 0 Å². The van der Waals surface area contributed by atoms with Gasteiger partial charge in [-0.1, -0.05) is 51.1 Å². The van der Waals surface area contributed by atoms with Gasteiger partial charge in [-0.2, -0.15) is 0 Å². The highest BCUT2D eigenvalue weighted by atomic mass is 28.4. The maximum Gasteiger partial charge on any atom is 0.195 e. The molecule has 2 rings (SSSR count). The van der Waals surface area contributed by atoms with Crippen molar-refractivity contribution in [1.82, 2.24) is 0 Å². The van der Waals surface area contributed by atoms with Gasteiger partial charge in [0.2, 0.25) is 0 Å². The summed E-state index contributed by atoms with van der Waals surface area (Å²) in [6, 6.07) is 10.6. The van der Waals surface area contributed by atoms with Gasteiger partial charge in [0.25, 0.3) is 0 Å². The van der Waals surface area contributed by atoms with Crippen LogP contribution in [0.1, 0.15) is 38.7 Å². The number of hydrogen-bond acceptors (Lipinski definition) is 2. The Kier molecular flexibility index (Phi) is 3.67. The molecule has 0 heterocycles. The molecule has 0 aliphatic heterocycles. The van der Waals surface area contributed by atoms with Crippen LogP contribution in [0.25, 0.3) is 0 Å². The molecule has 0 amide bonds. The van der Waals surface area contributed by atoms with Crippen LogP contribution in [-0.4, -0.2) is 21.2 Å². The molecule has 2 atom stereocenters. The molecular weight excluding hydrogens is 252 g/mol. The van der Waals surface area contributed by atoms with Crippen LogP contribution in [0.5, 0.6) is 0 Å². The van der Waals surface area contributed by atoms with Crippen LogP contribution in [0.2, 0.25) is 18.1 Å². The third-order valence-corrected chi connectivity index (χ3v) is 9.11. The molecule has 0 saturated heterocycles. The molecule has 1 saturated carbocycles. The van der Waals surface area contributed by atoms with Gasteiger partial charge >= 0.3 is 0 Å². The van der Waals surface area contributed by atoms with Crippen LogP contribution < -0.4 is 0 Å². The van der Waals surface area contributed by atoms with Gasteiger partial charge in [0.15, 0.2) is 14.1 Å². The minimum absolute atomic E-state index is 0.211. The van der Waals surface area contributed by atoms with Gasteiger partial charge < -0.3 is 9.16 Å². The Morgan fingerprint density at radius 2 is 1.74 bits per heavy atom. The molecule has 1 aromatic rings. The summed E-state index contributed by atoms with van der Waals surface area (Å²) in [5.74, 6) is -0.00232. The van der Waals surface area contributed by atoms with E-state index in [4.69, 9.17) is 9.16 Å². The van der Waals surface area contributed by atoms with E-state index in [-0.39, 0.29) is 10.8 Å². The lowest BCUT2D eigenvalue weighted by molar-refractivity contribution is -0.0937. The van der Waals surface area contributed by atoms with Gasteiger partial charge in [0.05, 0.1) is 0 Å². The second-order valence-corrected chi connectivity index (χ2v) is 11.8. The molecule has 0 aromatic heterocycles. The highest BCUT2D eigenvalue weighted by Gasteiger charge is 2.60. The molecule has 106 valence electrons. The number of rotatable bonds is 4. The van der Waals surface area contributed by atoms with Crippen molar-refractivity contribution < 1.29 is 9.16 Å². The minimum Gasteiger partial charge on any atom is -0.389 e. The van der Waals surface area contributed by atoms with Crippen LogP contribution in [0.15, 0.2) is 30.3 Å². The van der Waals surface area contributed by atoms with E-state index < -0.39 is 8.32 Å². The molecule has 2 unspecified atom stereocenters. The van der Waals surface area contributed by atoms with E-state index in [9.17, 15) is 0 Å². The molecule has 1 aliphatic rings. The Morgan fingerprint density at radius 1 is 1.16 bits per heavy atom. The summed E-state index contributed by atoms with van der Waals surface area (Å²) in [5, 5.41) is 0.211. The summed E-state index contributed by atoms with van der Waals surface area (Å²) in [6.07, 6.45) is 0.972. The zero-order valence-corrected chi connectivity index (χ0v) is 14.0. The van der Waals surface area contributed by atoms with E-state index in [1.165, 1.54) is 5.56 Å². The summed E-state index contributed by atoms with van der Waals surface area (Å²) < 4.78 is 12.3. The topological polar surface area (TPSA) is 18.5 Å². The number of hydrogen-bond donors (Lipinski definition) is 0. The Bertz CT molecular complexity index is 436. The molecule has 3 heteroatoms. The molecule has 19 heavy (non-hydrogen) atoms. The minimum atomic E-state index is -1.80. The highest BCUT2D eigenvalue weighted by molar-refractivity contribution is 6.74. The zero-order chi connectivity index (χ0) is 14.3. The molecule has 0 bridgehead atoms. The predicted molar refractivity (Wildman–Crippen MR) is 81.8 cm³/mol. The fraction of sp³-hybridized carbons (Fsp3) is 0.625.